The molecular formula is C4H10Cl2Si2. The molecule has 0 aromatic heterocycles. The monoisotopic (exact) mass is 184 g/mol. The molecule has 0 aliphatic rings. The van der Waals surface area contributed by atoms with Crippen molar-refractivity contribution in [2.75, 3.05) is 0 Å². The Morgan fingerprint density at radius 2 is 1.88 bits per heavy atom. The molecule has 0 aliphatic carbocycles. The molecule has 0 nitrogen and oxygen atoms in total. The lowest BCUT2D eigenvalue weighted by atomic mass is 10.5. The number of rotatable bonds is 3. The molecule has 0 aromatic carbocycles. The van der Waals surface area contributed by atoms with Crippen molar-refractivity contribution in [1.29, 1.82) is 0 Å². The van der Waals surface area contributed by atoms with Crippen LogP contribution in [0.5, 0.6) is 0 Å². The Hall–Kier alpha value is 0.754. The van der Waals surface area contributed by atoms with E-state index in [1.807, 2.05) is 6.08 Å². The van der Waals surface area contributed by atoms with E-state index in [2.05, 4.69) is 13.5 Å². The van der Waals surface area contributed by atoms with E-state index in [-0.39, 0.29) is 4.66 Å². The van der Waals surface area contributed by atoms with Crippen LogP contribution in [0.4, 0.5) is 0 Å². The van der Waals surface area contributed by atoms with Crippen molar-refractivity contribution in [1.82, 2.24) is 0 Å². The fourth-order valence-electron chi connectivity index (χ4n) is 0.145. The Balaban J connectivity index is 3.76. The highest BCUT2D eigenvalue weighted by Gasteiger charge is 2.17. The van der Waals surface area contributed by atoms with Gasteiger partial charge in [0.25, 0.3) is 0 Å². The van der Waals surface area contributed by atoms with E-state index in [1.165, 1.54) is 0 Å². The van der Waals surface area contributed by atoms with Gasteiger partial charge in [-0.2, -0.15) is 22.2 Å². The molecule has 8 heavy (non-hydrogen) atoms. The molecular weight excluding hydrogens is 175 g/mol. The van der Waals surface area contributed by atoms with Gasteiger partial charge < -0.3 is 0 Å². The zero-order valence-corrected chi connectivity index (χ0v) is 9.29. The largest absolute Gasteiger partial charge is 0.176 e. The summed E-state index contributed by atoms with van der Waals surface area (Å²) in [6, 6.07) is 0. The molecule has 0 atom stereocenters. The van der Waals surface area contributed by atoms with E-state index < -0.39 is 17.7 Å². The van der Waals surface area contributed by atoms with E-state index in [1.54, 1.807) is 0 Å². The van der Waals surface area contributed by atoms with Gasteiger partial charge in [0.1, 0.15) is 17.7 Å². The molecule has 0 saturated heterocycles. The van der Waals surface area contributed by atoms with E-state index in [0.29, 0.717) is 0 Å². The molecule has 0 N–H and O–H groups in total. The third kappa shape index (κ3) is 2.35. The van der Waals surface area contributed by atoms with Gasteiger partial charge >= 0.3 is 0 Å². The fourth-order valence-corrected chi connectivity index (χ4v) is 3.87. The third-order valence-corrected chi connectivity index (χ3v) is 9.97. The summed E-state index contributed by atoms with van der Waals surface area (Å²) in [5, 5.41) is 0. The number of hydrogen-bond acceptors (Lipinski definition) is 0. The minimum atomic E-state index is -0.485. The van der Waals surface area contributed by atoms with Crippen molar-refractivity contribution in [2.45, 2.75) is 11.6 Å². The van der Waals surface area contributed by atoms with Crippen LogP contribution in [0.15, 0.2) is 12.7 Å². The molecule has 0 amide bonds. The molecule has 0 saturated carbocycles. The zero-order valence-electron chi connectivity index (χ0n) is 4.95. The predicted octanol–water partition coefficient (Wildman–Crippen LogP) is 0.954. The first kappa shape index (κ1) is 8.75. The van der Waals surface area contributed by atoms with Gasteiger partial charge in [0.2, 0.25) is 0 Å². The molecule has 48 valence electrons. The minimum absolute atomic E-state index is 0.198. The van der Waals surface area contributed by atoms with Crippen LogP contribution in [-0.4, -0.2) is 17.7 Å². The van der Waals surface area contributed by atoms with Gasteiger partial charge in [0.15, 0.2) is 0 Å². The molecule has 0 bridgehead atoms. The summed E-state index contributed by atoms with van der Waals surface area (Å²) in [5.41, 5.74) is 0. The summed E-state index contributed by atoms with van der Waals surface area (Å²) >= 11 is 11.5. The van der Waals surface area contributed by atoms with Crippen LogP contribution in [0.2, 0.25) is 4.66 Å². The highest BCUT2D eigenvalue weighted by Crippen LogP contribution is 2.25. The quantitative estimate of drug-likeness (QED) is 0.349. The van der Waals surface area contributed by atoms with E-state index >= 15 is 0 Å². The first-order chi connectivity index (χ1) is 3.68. The Morgan fingerprint density at radius 3 is 1.88 bits per heavy atom. The van der Waals surface area contributed by atoms with Crippen LogP contribution >= 0.6 is 22.2 Å². The van der Waals surface area contributed by atoms with Gasteiger partial charge in [-0.25, -0.2) is 0 Å². The maximum Gasteiger partial charge on any atom is 0.132 e. The number of hydrogen-bond donors (Lipinski definition) is 0. The first-order valence-electron chi connectivity index (χ1n) is 2.44. The maximum absolute atomic E-state index is 5.73. The predicted molar refractivity (Wildman–Crippen MR) is 47.4 cm³/mol. The highest BCUT2D eigenvalue weighted by atomic mass is 35.6. The highest BCUT2D eigenvalue weighted by molar-refractivity contribution is 7.09. The second-order valence-electron chi connectivity index (χ2n) is 2.13. The van der Waals surface area contributed by atoms with Gasteiger partial charge in [0, 0.05) is 0 Å². The Kier molecular flexibility index (Phi) is 4.07. The standard InChI is InChI=1S/C4H10Cl2Si2/c1-3-4(2,7-5)8-6/h3H,1,7-8H2,2H3. The van der Waals surface area contributed by atoms with Crippen LogP contribution in [0, 0.1) is 0 Å². The molecule has 0 aliphatic heterocycles. The van der Waals surface area contributed by atoms with E-state index in [9.17, 15) is 0 Å². The molecule has 0 fully saturated rings. The molecule has 4 heteroatoms. The van der Waals surface area contributed by atoms with Crippen molar-refractivity contribution in [2.24, 2.45) is 0 Å². The Bertz CT molecular complexity index is 80.1. The fraction of sp³-hybridized carbons (Fsp3) is 0.500. The molecule has 0 spiro atoms. The molecule has 0 unspecified atom stereocenters. The molecule has 0 rings (SSSR count). The summed E-state index contributed by atoms with van der Waals surface area (Å²) < 4.78 is 0.198. The third-order valence-electron chi connectivity index (χ3n) is 1.10. The number of allylic oxidation sites excluding steroid dienone is 1. The van der Waals surface area contributed by atoms with Crippen molar-refractivity contribution in [3.63, 3.8) is 0 Å². The second-order valence-corrected chi connectivity index (χ2v) is 8.49. The lowest BCUT2D eigenvalue weighted by molar-refractivity contribution is 1.09. The van der Waals surface area contributed by atoms with Crippen LogP contribution in [0.25, 0.3) is 0 Å². The lowest BCUT2D eigenvalue weighted by Gasteiger charge is -2.15. The summed E-state index contributed by atoms with van der Waals surface area (Å²) in [4.78, 5) is 0. The summed E-state index contributed by atoms with van der Waals surface area (Å²) in [5.74, 6) is 0. The summed E-state index contributed by atoms with van der Waals surface area (Å²) in [6.45, 7) is 5.77. The van der Waals surface area contributed by atoms with Crippen molar-refractivity contribution < 1.29 is 0 Å². The van der Waals surface area contributed by atoms with Crippen molar-refractivity contribution in [3.05, 3.63) is 12.7 Å². The summed E-state index contributed by atoms with van der Waals surface area (Å²) in [6.07, 6.45) is 1.91. The normalized spacial score (nSPS) is 20.4. The van der Waals surface area contributed by atoms with Crippen molar-refractivity contribution >= 4 is 39.8 Å². The van der Waals surface area contributed by atoms with Crippen LogP contribution in [0.3, 0.4) is 0 Å². The van der Waals surface area contributed by atoms with Crippen LogP contribution < -0.4 is 0 Å². The van der Waals surface area contributed by atoms with Crippen molar-refractivity contribution in [3.8, 4) is 0 Å². The average Bonchev–Trinajstić information content (AvgIpc) is 1.87. The van der Waals surface area contributed by atoms with E-state index in [0.717, 1.165) is 0 Å². The Labute approximate surface area is 64.3 Å². The smallest absolute Gasteiger partial charge is 0.132 e. The van der Waals surface area contributed by atoms with Gasteiger partial charge in [-0.15, -0.1) is 6.58 Å². The summed E-state index contributed by atoms with van der Waals surface area (Å²) in [7, 11) is -0.969. The van der Waals surface area contributed by atoms with Gasteiger partial charge in [-0.05, 0) is 4.66 Å². The lowest BCUT2D eigenvalue weighted by Crippen LogP contribution is -2.13. The minimum Gasteiger partial charge on any atom is -0.176 e. The first-order valence-corrected chi connectivity index (χ1v) is 8.13. The van der Waals surface area contributed by atoms with E-state index in [4.69, 9.17) is 22.2 Å². The van der Waals surface area contributed by atoms with Gasteiger partial charge in [-0.1, -0.05) is 13.0 Å². The SMILES string of the molecule is C=CC(C)([SiH2]Cl)[SiH2]Cl. The van der Waals surface area contributed by atoms with Crippen LogP contribution in [-0.2, 0) is 0 Å². The van der Waals surface area contributed by atoms with Crippen LogP contribution in [0.1, 0.15) is 6.92 Å². The van der Waals surface area contributed by atoms with Gasteiger partial charge in [-0.3, -0.25) is 0 Å². The second kappa shape index (κ2) is 3.72. The number of halogens is 2. The molecule has 0 heterocycles. The maximum atomic E-state index is 5.73. The molecule has 0 aromatic rings. The topological polar surface area (TPSA) is 0 Å². The van der Waals surface area contributed by atoms with Gasteiger partial charge in [0.05, 0.1) is 0 Å². The average molecular weight is 185 g/mol. The molecule has 0 radical (unpaired) electrons. The zero-order chi connectivity index (χ0) is 6.62. The Morgan fingerprint density at radius 1 is 1.50 bits per heavy atom.